The molecule has 0 bridgehead atoms. The normalized spacial score (nSPS) is 26.9. The molecule has 0 saturated carbocycles. The Kier molecular flexibility index (Phi) is 5.75. The molecule has 5 N–H and O–H groups in total. The van der Waals surface area contributed by atoms with Gasteiger partial charge in [0.25, 0.3) is 5.72 Å². The summed E-state index contributed by atoms with van der Waals surface area (Å²) >= 11 is 0. The Morgan fingerprint density at radius 1 is 1.29 bits per heavy atom. The summed E-state index contributed by atoms with van der Waals surface area (Å²) in [5.41, 5.74) is 3.00. The summed E-state index contributed by atoms with van der Waals surface area (Å²) in [5.74, 6) is -1.19. The summed E-state index contributed by atoms with van der Waals surface area (Å²) in [5, 5.41) is 30.1. The van der Waals surface area contributed by atoms with Crippen LogP contribution in [0.3, 0.4) is 0 Å². The van der Waals surface area contributed by atoms with Gasteiger partial charge in [-0.3, -0.25) is 4.57 Å². The Morgan fingerprint density at radius 2 is 2.00 bits per heavy atom. The number of carbonyl (C=O) groups is 1. The number of aliphatic hydroxyl groups is 3. The van der Waals surface area contributed by atoms with Gasteiger partial charge in [0.1, 0.15) is 24.1 Å². The molecule has 1 saturated heterocycles. The number of aromatic nitrogens is 2. The molecule has 0 spiro atoms. The quantitative estimate of drug-likeness (QED) is 0.425. The highest BCUT2D eigenvalue weighted by Crippen LogP contribution is 2.36. The van der Waals surface area contributed by atoms with Crippen molar-refractivity contribution in [1.82, 2.24) is 9.55 Å². The lowest BCUT2D eigenvalue weighted by molar-refractivity contribution is -0.202. The monoisotopic (exact) mass is 391 g/mol. The molecule has 1 aromatic heterocycles. The number of nitrogens with zero attached hydrogens (tertiary/aromatic N) is 2. The third-order valence-electron chi connectivity index (χ3n) is 4.56. The maximum Gasteiger partial charge on any atom is 0.363 e. The number of hydrogen-bond acceptors (Lipinski definition) is 9. The standard InChI is InChI=1S/C18H21N3O7/c19-13-6-8-21(17(26)20-13)18(15(24)14(23)12(10-22)28-18)16(25)27-9-7-11-4-2-1-3-5-11/h1-6,8,12,14-15,22-24H,7,9-10H2,(H2,19,20,26)/t12-,14-,15-,18+/m1/s1. The molecule has 0 radical (unpaired) electrons. The summed E-state index contributed by atoms with van der Waals surface area (Å²) in [7, 11) is 0. The fourth-order valence-electron chi connectivity index (χ4n) is 3.10. The van der Waals surface area contributed by atoms with Crippen LogP contribution in [-0.2, 0) is 26.4 Å². The number of aliphatic hydroxyl groups excluding tert-OH is 3. The van der Waals surface area contributed by atoms with Gasteiger partial charge < -0.3 is 30.5 Å². The largest absolute Gasteiger partial charge is 0.462 e. The summed E-state index contributed by atoms with van der Waals surface area (Å²) in [4.78, 5) is 28.7. The molecule has 1 aliphatic rings. The first-order valence-corrected chi connectivity index (χ1v) is 8.61. The molecule has 150 valence electrons. The number of carbonyl (C=O) groups excluding carboxylic acids is 1. The Labute approximate surface area is 159 Å². The molecule has 4 atom stereocenters. The van der Waals surface area contributed by atoms with Crippen LogP contribution in [-0.4, -0.2) is 62.4 Å². The first-order valence-electron chi connectivity index (χ1n) is 8.61. The minimum Gasteiger partial charge on any atom is -0.462 e. The summed E-state index contributed by atoms with van der Waals surface area (Å²) in [6, 6.07) is 10.5. The van der Waals surface area contributed by atoms with E-state index in [1.165, 1.54) is 6.07 Å². The summed E-state index contributed by atoms with van der Waals surface area (Å²) in [6.45, 7) is -0.744. The molecule has 2 heterocycles. The van der Waals surface area contributed by atoms with E-state index in [4.69, 9.17) is 15.2 Å². The second-order valence-electron chi connectivity index (χ2n) is 6.35. The van der Waals surface area contributed by atoms with Crippen LogP contribution < -0.4 is 11.4 Å². The van der Waals surface area contributed by atoms with E-state index in [2.05, 4.69) is 4.98 Å². The molecule has 0 aliphatic carbocycles. The third kappa shape index (κ3) is 3.50. The average Bonchev–Trinajstić information content (AvgIpc) is 2.94. The van der Waals surface area contributed by atoms with Crippen molar-refractivity contribution in [2.75, 3.05) is 18.9 Å². The number of hydrogen-bond donors (Lipinski definition) is 4. The number of esters is 1. The van der Waals surface area contributed by atoms with Gasteiger partial charge in [0, 0.05) is 12.6 Å². The van der Waals surface area contributed by atoms with Gasteiger partial charge in [-0.1, -0.05) is 30.3 Å². The minimum absolute atomic E-state index is 0.0578. The number of nitrogen functional groups attached to an aromatic ring is 1. The summed E-state index contributed by atoms with van der Waals surface area (Å²) in [6.07, 6.45) is -3.31. The van der Waals surface area contributed by atoms with Crippen molar-refractivity contribution in [2.45, 2.75) is 30.5 Å². The zero-order valence-electron chi connectivity index (χ0n) is 14.8. The van der Waals surface area contributed by atoms with Crippen molar-refractivity contribution >= 4 is 11.8 Å². The molecule has 0 unspecified atom stereocenters. The number of rotatable bonds is 6. The van der Waals surface area contributed by atoms with Gasteiger partial charge in [0.05, 0.1) is 13.2 Å². The smallest absolute Gasteiger partial charge is 0.363 e. The van der Waals surface area contributed by atoms with Crippen LogP contribution in [0.4, 0.5) is 5.82 Å². The lowest BCUT2D eigenvalue weighted by Gasteiger charge is -2.31. The second-order valence-corrected chi connectivity index (χ2v) is 6.35. The average molecular weight is 391 g/mol. The third-order valence-corrected chi connectivity index (χ3v) is 4.56. The lowest BCUT2D eigenvalue weighted by Crippen LogP contribution is -2.56. The van der Waals surface area contributed by atoms with Crippen LogP contribution in [0.25, 0.3) is 0 Å². The van der Waals surface area contributed by atoms with Gasteiger partial charge in [-0.2, -0.15) is 4.98 Å². The molecule has 3 rings (SSSR count). The van der Waals surface area contributed by atoms with Gasteiger partial charge >= 0.3 is 11.7 Å². The molecule has 10 heteroatoms. The highest BCUT2D eigenvalue weighted by atomic mass is 16.6. The van der Waals surface area contributed by atoms with Crippen LogP contribution in [0.5, 0.6) is 0 Å². The van der Waals surface area contributed by atoms with Gasteiger partial charge in [-0.05, 0) is 11.6 Å². The number of anilines is 1. The van der Waals surface area contributed by atoms with Gasteiger partial charge in [0.2, 0.25) is 0 Å². The molecule has 1 aromatic carbocycles. The van der Waals surface area contributed by atoms with E-state index >= 15 is 0 Å². The Bertz CT molecular complexity index is 888. The van der Waals surface area contributed by atoms with E-state index < -0.39 is 42.3 Å². The van der Waals surface area contributed by atoms with Crippen LogP contribution >= 0.6 is 0 Å². The van der Waals surface area contributed by atoms with Crippen molar-refractivity contribution in [1.29, 1.82) is 0 Å². The van der Waals surface area contributed by atoms with Crippen molar-refractivity contribution < 1.29 is 29.6 Å². The van der Waals surface area contributed by atoms with Crippen LogP contribution in [0.2, 0.25) is 0 Å². The molecule has 1 aliphatic heterocycles. The fraction of sp³-hybridized carbons (Fsp3) is 0.389. The summed E-state index contributed by atoms with van der Waals surface area (Å²) < 4.78 is 11.4. The maximum absolute atomic E-state index is 12.9. The lowest BCUT2D eigenvalue weighted by atomic mass is 10.0. The van der Waals surface area contributed by atoms with Crippen molar-refractivity contribution in [3.05, 3.63) is 58.6 Å². The van der Waals surface area contributed by atoms with Gasteiger partial charge in [-0.15, -0.1) is 0 Å². The van der Waals surface area contributed by atoms with E-state index in [1.54, 1.807) is 0 Å². The van der Waals surface area contributed by atoms with Crippen LogP contribution in [0.1, 0.15) is 5.56 Å². The molecule has 0 amide bonds. The van der Waals surface area contributed by atoms with Crippen LogP contribution in [0.15, 0.2) is 47.4 Å². The topological polar surface area (TPSA) is 157 Å². The van der Waals surface area contributed by atoms with E-state index in [1.807, 2.05) is 30.3 Å². The molecular weight excluding hydrogens is 370 g/mol. The first-order chi connectivity index (χ1) is 13.4. The predicted molar refractivity (Wildman–Crippen MR) is 96.0 cm³/mol. The van der Waals surface area contributed by atoms with Gasteiger partial charge in [-0.25, -0.2) is 9.59 Å². The highest BCUT2D eigenvalue weighted by molar-refractivity contribution is 5.78. The van der Waals surface area contributed by atoms with E-state index in [0.717, 1.165) is 11.8 Å². The first kappa shape index (κ1) is 20.0. The van der Waals surface area contributed by atoms with E-state index in [0.29, 0.717) is 11.0 Å². The number of nitrogens with two attached hydrogens (primary N) is 1. The van der Waals surface area contributed by atoms with E-state index in [9.17, 15) is 24.9 Å². The maximum atomic E-state index is 12.9. The molecule has 10 nitrogen and oxygen atoms in total. The zero-order chi connectivity index (χ0) is 20.3. The highest BCUT2D eigenvalue weighted by Gasteiger charge is 2.62. The number of benzene rings is 1. The van der Waals surface area contributed by atoms with Crippen LogP contribution in [0, 0.1) is 0 Å². The molecule has 1 fully saturated rings. The SMILES string of the molecule is Nc1ccn([C@]2(C(=O)OCCc3ccccc3)O[C@H](CO)[C@@H](O)[C@H]2O)c(=O)n1. The molecule has 2 aromatic rings. The Hall–Kier alpha value is -2.79. The van der Waals surface area contributed by atoms with Crippen molar-refractivity contribution in [2.24, 2.45) is 0 Å². The minimum atomic E-state index is -2.40. The zero-order valence-corrected chi connectivity index (χ0v) is 14.8. The number of ether oxygens (including phenoxy) is 2. The fourth-order valence-corrected chi connectivity index (χ4v) is 3.10. The molecule has 28 heavy (non-hydrogen) atoms. The van der Waals surface area contributed by atoms with Crippen molar-refractivity contribution in [3.63, 3.8) is 0 Å². The molecular formula is C18H21N3O7. The van der Waals surface area contributed by atoms with Crippen molar-refractivity contribution in [3.8, 4) is 0 Å². The van der Waals surface area contributed by atoms with E-state index in [-0.39, 0.29) is 12.4 Å². The Balaban J connectivity index is 1.90. The Morgan fingerprint density at radius 3 is 2.61 bits per heavy atom. The van der Waals surface area contributed by atoms with Gasteiger partial charge in [0.15, 0.2) is 0 Å². The predicted octanol–water partition coefficient (Wildman–Crippen LogP) is -1.62. The second kappa shape index (κ2) is 8.07.